The van der Waals surface area contributed by atoms with Crippen molar-refractivity contribution in [3.8, 4) is 11.5 Å². The first-order valence-corrected chi connectivity index (χ1v) is 8.57. The highest BCUT2D eigenvalue weighted by atomic mass is 35.5. The van der Waals surface area contributed by atoms with Crippen LogP contribution in [-0.2, 0) is 22.7 Å². The molecule has 1 heterocycles. The Morgan fingerprint density at radius 1 is 1.35 bits per heavy atom. The number of benzene rings is 1. The molecule has 0 fully saturated rings. The Kier molecular flexibility index (Phi) is 7.40. The quantitative estimate of drug-likeness (QED) is 0.488. The predicted molar refractivity (Wildman–Crippen MR) is 96.1 cm³/mol. The van der Waals surface area contributed by atoms with Gasteiger partial charge in [0.15, 0.2) is 23.9 Å². The maximum Gasteiger partial charge on any atom is 0.331 e. The number of rotatable bonds is 9. The highest BCUT2D eigenvalue weighted by Gasteiger charge is 2.11. The fraction of sp³-hybridized carbons (Fsp3) is 0.412. The Morgan fingerprint density at radius 2 is 2.15 bits per heavy atom. The lowest BCUT2D eigenvalue weighted by atomic mass is 10.2. The average molecular weight is 381 g/mol. The fourth-order valence-electron chi connectivity index (χ4n) is 2.21. The number of esters is 1. The maximum atomic E-state index is 11.9. The average Bonchev–Trinajstić information content (AvgIpc) is 3.06. The summed E-state index contributed by atoms with van der Waals surface area (Å²) in [5, 5.41) is 11.6. The molecule has 9 heteroatoms. The molecule has 0 aliphatic carbocycles. The Labute approximate surface area is 156 Å². The van der Waals surface area contributed by atoms with Crippen molar-refractivity contribution in [3.63, 3.8) is 0 Å². The zero-order valence-corrected chi connectivity index (χ0v) is 15.7. The highest BCUT2D eigenvalue weighted by molar-refractivity contribution is 6.32. The molecule has 0 aliphatic heterocycles. The van der Waals surface area contributed by atoms with E-state index in [0.717, 1.165) is 6.42 Å². The summed E-state index contributed by atoms with van der Waals surface area (Å²) in [4.78, 5) is 11.9. The molecule has 0 atom stereocenters. The number of hydrogen-bond donors (Lipinski definition) is 0. The molecular weight excluding hydrogens is 360 g/mol. The van der Waals surface area contributed by atoms with Gasteiger partial charge in [0.2, 0.25) is 0 Å². The van der Waals surface area contributed by atoms with Crippen LogP contribution >= 0.6 is 11.6 Å². The lowest BCUT2D eigenvalue weighted by Crippen LogP contribution is -2.09. The molecule has 0 saturated heterocycles. The van der Waals surface area contributed by atoms with E-state index < -0.39 is 5.97 Å². The summed E-state index contributed by atoms with van der Waals surface area (Å²) in [5.41, 5.74) is 0.687. The Morgan fingerprint density at radius 3 is 2.85 bits per heavy atom. The van der Waals surface area contributed by atoms with Crippen molar-refractivity contribution < 1.29 is 19.0 Å². The van der Waals surface area contributed by atoms with Crippen molar-refractivity contribution in [1.82, 2.24) is 20.2 Å². The summed E-state index contributed by atoms with van der Waals surface area (Å²) in [6.45, 7) is 5.01. The molecule has 1 aromatic heterocycles. The van der Waals surface area contributed by atoms with Gasteiger partial charge in [0, 0.05) is 12.6 Å². The van der Waals surface area contributed by atoms with Crippen LogP contribution in [0.1, 0.15) is 31.7 Å². The van der Waals surface area contributed by atoms with Gasteiger partial charge < -0.3 is 14.2 Å². The van der Waals surface area contributed by atoms with Gasteiger partial charge in [0.05, 0.1) is 18.7 Å². The number of hydrogen-bond acceptors (Lipinski definition) is 7. The van der Waals surface area contributed by atoms with Crippen LogP contribution in [0, 0.1) is 0 Å². The molecular formula is C17H21ClN4O4. The van der Waals surface area contributed by atoms with E-state index >= 15 is 0 Å². The molecule has 0 unspecified atom stereocenters. The number of carbonyl (C=O) groups excluding carboxylic acids is 1. The summed E-state index contributed by atoms with van der Waals surface area (Å²) in [7, 11) is 1.52. The summed E-state index contributed by atoms with van der Waals surface area (Å²) in [5.74, 6) is 0.950. The topological polar surface area (TPSA) is 88.4 Å². The van der Waals surface area contributed by atoms with Crippen molar-refractivity contribution in [3.05, 3.63) is 34.6 Å². The third kappa shape index (κ3) is 5.19. The standard InChI is InChI=1S/C17H21ClN4O4/c1-4-8-22-15(19-20-21-22)11-26-16(23)7-6-12-9-13(18)17(24-3)14(10-12)25-5-2/h6-7,9-10H,4-5,8,11H2,1-3H3/b7-6+. The van der Waals surface area contributed by atoms with E-state index in [-0.39, 0.29) is 6.61 Å². The predicted octanol–water partition coefficient (Wildman–Crippen LogP) is 2.90. The van der Waals surface area contributed by atoms with Gasteiger partial charge in [-0.25, -0.2) is 9.48 Å². The fourth-order valence-corrected chi connectivity index (χ4v) is 2.50. The normalized spacial score (nSPS) is 10.9. The molecule has 0 N–H and O–H groups in total. The summed E-state index contributed by atoms with van der Waals surface area (Å²) < 4.78 is 17.5. The highest BCUT2D eigenvalue weighted by Crippen LogP contribution is 2.36. The van der Waals surface area contributed by atoms with Crippen LogP contribution in [0.4, 0.5) is 0 Å². The monoisotopic (exact) mass is 380 g/mol. The van der Waals surface area contributed by atoms with Gasteiger partial charge >= 0.3 is 5.97 Å². The van der Waals surface area contributed by atoms with Crippen molar-refractivity contribution in [2.45, 2.75) is 33.4 Å². The van der Waals surface area contributed by atoms with Gasteiger partial charge in [0.1, 0.15) is 0 Å². The number of aromatic nitrogens is 4. The van der Waals surface area contributed by atoms with Crippen LogP contribution in [0.2, 0.25) is 5.02 Å². The van der Waals surface area contributed by atoms with Crippen LogP contribution in [0.5, 0.6) is 11.5 Å². The largest absolute Gasteiger partial charge is 0.491 e. The molecule has 26 heavy (non-hydrogen) atoms. The van der Waals surface area contributed by atoms with Crippen molar-refractivity contribution in [1.29, 1.82) is 0 Å². The van der Waals surface area contributed by atoms with E-state index in [2.05, 4.69) is 15.5 Å². The van der Waals surface area contributed by atoms with Gasteiger partial charge in [-0.3, -0.25) is 0 Å². The summed E-state index contributed by atoms with van der Waals surface area (Å²) >= 11 is 6.18. The van der Waals surface area contributed by atoms with Crippen molar-refractivity contribution >= 4 is 23.6 Å². The van der Waals surface area contributed by atoms with Gasteiger partial charge in [-0.2, -0.15) is 0 Å². The second-order valence-corrected chi connectivity index (χ2v) is 5.63. The number of ether oxygens (including phenoxy) is 3. The lowest BCUT2D eigenvalue weighted by Gasteiger charge is -2.11. The lowest BCUT2D eigenvalue weighted by molar-refractivity contribution is -0.139. The van der Waals surface area contributed by atoms with E-state index in [0.29, 0.717) is 41.1 Å². The van der Waals surface area contributed by atoms with E-state index in [1.165, 1.54) is 13.2 Å². The number of aryl methyl sites for hydroxylation is 1. The molecule has 8 nitrogen and oxygen atoms in total. The zero-order chi connectivity index (χ0) is 18.9. The molecule has 0 amide bonds. The van der Waals surface area contributed by atoms with Crippen LogP contribution in [-0.4, -0.2) is 39.9 Å². The first-order chi connectivity index (χ1) is 12.6. The SMILES string of the molecule is CCCn1nnnc1COC(=O)/C=C/c1cc(Cl)c(OC)c(OCC)c1. The van der Waals surface area contributed by atoms with E-state index in [9.17, 15) is 4.79 Å². The summed E-state index contributed by atoms with van der Waals surface area (Å²) in [6.07, 6.45) is 3.78. The zero-order valence-electron chi connectivity index (χ0n) is 14.9. The van der Waals surface area contributed by atoms with Crippen LogP contribution in [0.3, 0.4) is 0 Å². The minimum absolute atomic E-state index is 0.00371. The summed E-state index contributed by atoms with van der Waals surface area (Å²) in [6, 6.07) is 3.41. The molecule has 0 spiro atoms. The number of methoxy groups -OCH3 is 1. The van der Waals surface area contributed by atoms with Gasteiger partial charge in [0.25, 0.3) is 0 Å². The minimum Gasteiger partial charge on any atom is -0.491 e. The molecule has 0 aliphatic rings. The maximum absolute atomic E-state index is 11.9. The molecule has 2 rings (SSSR count). The first kappa shape index (κ1) is 19.7. The van der Waals surface area contributed by atoms with Gasteiger partial charge in [-0.15, -0.1) is 5.10 Å². The van der Waals surface area contributed by atoms with Crippen molar-refractivity contribution in [2.24, 2.45) is 0 Å². The third-order valence-corrected chi connectivity index (χ3v) is 3.61. The molecule has 140 valence electrons. The van der Waals surface area contributed by atoms with E-state index in [1.807, 2.05) is 13.8 Å². The molecule has 1 aromatic carbocycles. The molecule has 0 saturated carbocycles. The molecule has 2 aromatic rings. The second-order valence-electron chi connectivity index (χ2n) is 5.23. The number of nitrogens with zero attached hydrogens (tertiary/aromatic N) is 4. The third-order valence-electron chi connectivity index (χ3n) is 3.33. The van der Waals surface area contributed by atoms with Crippen molar-refractivity contribution in [2.75, 3.05) is 13.7 Å². The minimum atomic E-state index is -0.513. The van der Waals surface area contributed by atoms with Gasteiger partial charge in [-0.1, -0.05) is 18.5 Å². The molecule has 0 bridgehead atoms. The number of tetrazole rings is 1. The van der Waals surface area contributed by atoms with E-state index in [1.54, 1.807) is 22.9 Å². The Balaban J connectivity index is 2.02. The Hall–Kier alpha value is -2.61. The van der Waals surface area contributed by atoms with E-state index in [4.69, 9.17) is 25.8 Å². The van der Waals surface area contributed by atoms with Crippen LogP contribution in [0.25, 0.3) is 6.08 Å². The van der Waals surface area contributed by atoms with Crippen LogP contribution in [0.15, 0.2) is 18.2 Å². The Bertz CT molecular complexity index is 776. The first-order valence-electron chi connectivity index (χ1n) is 8.19. The second kappa shape index (κ2) is 9.76. The smallest absolute Gasteiger partial charge is 0.331 e. The molecule has 0 radical (unpaired) electrons. The number of carbonyl (C=O) groups is 1. The van der Waals surface area contributed by atoms with Crippen LogP contribution < -0.4 is 9.47 Å². The van der Waals surface area contributed by atoms with Gasteiger partial charge in [-0.05, 0) is 47.5 Å². The number of halogens is 1.